The molecule has 0 aliphatic heterocycles. The third kappa shape index (κ3) is 3.51. The van der Waals surface area contributed by atoms with Gasteiger partial charge in [0.25, 0.3) is 0 Å². The maximum atomic E-state index is 12.4. The summed E-state index contributed by atoms with van der Waals surface area (Å²) in [6, 6.07) is 1.47. The van der Waals surface area contributed by atoms with E-state index in [1.807, 2.05) is 0 Å². The fraction of sp³-hybridized carbons (Fsp3) is 0.538. The second kappa shape index (κ2) is 6.00. The molecule has 0 bridgehead atoms. The fourth-order valence-electron chi connectivity index (χ4n) is 2.56. The van der Waals surface area contributed by atoms with Gasteiger partial charge in [0, 0.05) is 18.4 Å². The summed E-state index contributed by atoms with van der Waals surface area (Å²) in [4.78, 5) is 16.4. The average molecular weight is 336 g/mol. The second-order valence-corrected chi connectivity index (χ2v) is 8.33. The van der Waals surface area contributed by atoms with Gasteiger partial charge in [0.15, 0.2) is 5.78 Å². The smallest absolute Gasteiger partial charge is 0.185 e. The summed E-state index contributed by atoms with van der Waals surface area (Å²) < 4.78 is 23.3. The molecule has 1 aliphatic rings. The van der Waals surface area contributed by atoms with Gasteiger partial charge in [-0.1, -0.05) is 29.6 Å². The lowest BCUT2D eigenvalue weighted by Crippen LogP contribution is -2.31. The molecule has 0 saturated heterocycles. The molecule has 0 spiro atoms. The highest BCUT2D eigenvalue weighted by Crippen LogP contribution is 2.32. The number of halogens is 2. The highest BCUT2D eigenvalue weighted by atomic mass is 35.5. The normalized spacial score (nSPS) is 23.6. The van der Waals surface area contributed by atoms with Crippen molar-refractivity contribution in [1.29, 1.82) is 0 Å². The van der Waals surface area contributed by atoms with E-state index in [0.717, 1.165) is 6.42 Å². The largest absolute Gasteiger partial charge is 0.292 e. The van der Waals surface area contributed by atoms with Crippen molar-refractivity contribution in [2.45, 2.75) is 30.9 Å². The van der Waals surface area contributed by atoms with Crippen LogP contribution < -0.4 is 0 Å². The zero-order valence-corrected chi connectivity index (χ0v) is 13.3. The van der Waals surface area contributed by atoms with Crippen LogP contribution in [0.2, 0.25) is 10.0 Å². The number of pyridine rings is 1. The number of rotatable bonds is 3. The van der Waals surface area contributed by atoms with Crippen molar-refractivity contribution >= 4 is 38.8 Å². The first kappa shape index (κ1) is 15.7. The Labute approximate surface area is 128 Å². The molecular weight excluding hydrogens is 321 g/mol. The number of Topliss-reactive ketones (excluding diaryl/α,β-unsaturated/α-hetero) is 1. The molecule has 1 saturated carbocycles. The summed E-state index contributed by atoms with van der Waals surface area (Å²) in [6.07, 6.45) is 4.95. The lowest BCUT2D eigenvalue weighted by atomic mass is 9.84. The van der Waals surface area contributed by atoms with E-state index >= 15 is 0 Å². The summed E-state index contributed by atoms with van der Waals surface area (Å²) in [5, 5.41) is 0.129. The molecule has 1 aromatic rings. The van der Waals surface area contributed by atoms with E-state index in [2.05, 4.69) is 4.98 Å². The Kier molecular flexibility index (Phi) is 4.72. The number of carbonyl (C=O) groups excluding carboxylic acids is 1. The van der Waals surface area contributed by atoms with Gasteiger partial charge in [0.2, 0.25) is 0 Å². The maximum Gasteiger partial charge on any atom is 0.185 e. The first-order chi connectivity index (χ1) is 9.29. The molecule has 2 rings (SSSR count). The summed E-state index contributed by atoms with van der Waals surface area (Å²) >= 11 is 11.7. The van der Waals surface area contributed by atoms with Crippen molar-refractivity contribution in [3.05, 3.63) is 28.0 Å². The molecule has 1 aromatic heterocycles. The number of carbonyl (C=O) groups is 1. The predicted molar refractivity (Wildman–Crippen MR) is 79.2 cm³/mol. The van der Waals surface area contributed by atoms with E-state index in [-0.39, 0.29) is 22.4 Å². The molecule has 110 valence electrons. The first-order valence-electron chi connectivity index (χ1n) is 6.33. The number of hydrogen-bond acceptors (Lipinski definition) is 4. The first-order valence-corrected chi connectivity index (χ1v) is 9.04. The number of nitrogens with zero attached hydrogens (tertiary/aromatic N) is 1. The van der Waals surface area contributed by atoms with Crippen LogP contribution in [-0.4, -0.2) is 30.7 Å². The van der Waals surface area contributed by atoms with Crippen molar-refractivity contribution in [3.63, 3.8) is 0 Å². The summed E-state index contributed by atoms with van der Waals surface area (Å²) in [5.74, 6) is -0.533. The average Bonchev–Trinajstić information content (AvgIpc) is 2.37. The third-order valence-corrected chi connectivity index (χ3v) is 5.78. The molecule has 0 amide bonds. The molecule has 1 heterocycles. The topological polar surface area (TPSA) is 64.1 Å². The van der Waals surface area contributed by atoms with E-state index in [4.69, 9.17) is 23.2 Å². The maximum absolute atomic E-state index is 12.4. The van der Waals surface area contributed by atoms with Gasteiger partial charge in [0.1, 0.15) is 15.5 Å². The molecule has 0 radical (unpaired) electrons. The van der Waals surface area contributed by atoms with Gasteiger partial charge >= 0.3 is 0 Å². The Morgan fingerprint density at radius 2 is 2.05 bits per heavy atom. The molecule has 20 heavy (non-hydrogen) atoms. The van der Waals surface area contributed by atoms with Crippen LogP contribution in [-0.2, 0) is 9.84 Å². The zero-order chi connectivity index (χ0) is 14.9. The second-order valence-electron chi connectivity index (χ2n) is 5.16. The lowest BCUT2D eigenvalue weighted by Gasteiger charge is -2.26. The van der Waals surface area contributed by atoms with Crippen molar-refractivity contribution in [3.8, 4) is 0 Å². The van der Waals surface area contributed by atoms with Crippen LogP contribution in [0.5, 0.6) is 0 Å². The zero-order valence-electron chi connectivity index (χ0n) is 11.0. The predicted octanol–water partition coefficient (Wildman–Crippen LogP) is 3.17. The molecule has 4 nitrogen and oxygen atoms in total. The lowest BCUT2D eigenvalue weighted by molar-refractivity contribution is 0.0886. The van der Waals surface area contributed by atoms with Gasteiger partial charge in [0.05, 0.1) is 15.3 Å². The Morgan fingerprint density at radius 1 is 1.35 bits per heavy atom. The number of ketones is 1. The Balaban J connectivity index is 2.21. The van der Waals surface area contributed by atoms with E-state index in [9.17, 15) is 13.2 Å². The van der Waals surface area contributed by atoms with E-state index in [0.29, 0.717) is 24.3 Å². The van der Waals surface area contributed by atoms with Crippen LogP contribution in [0, 0.1) is 5.92 Å². The van der Waals surface area contributed by atoms with Crippen molar-refractivity contribution < 1.29 is 13.2 Å². The minimum Gasteiger partial charge on any atom is -0.292 e. The van der Waals surface area contributed by atoms with Crippen LogP contribution >= 0.6 is 23.2 Å². The van der Waals surface area contributed by atoms with Gasteiger partial charge in [-0.15, -0.1) is 0 Å². The molecule has 1 fully saturated rings. The van der Waals surface area contributed by atoms with Gasteiger partial charge in [-0.2, -0.15) is 0 Å². The monoisotopic (exact) mass is 335 g/mol. The van der Waals surface area contributed by atoms with Crippen molar-refractivity contribution in [2.24, 2.45) is 5.92 Å². The summed E-state index contributed by atoms with van der Waals surface area (Å²) in [7, 11) is -3.12. The molecule has 2 unspecified atom stereocenters. The number of sulfone groups is 1. The highest BCUT2D eigenvalue weighted by molar-refractivity contribution is 7.91. The number of aromatic nitrogens is 1. The Hall–Kier alpha value is -0.650. The minimum atomic E-state index is -3.12. The minimum absolute atomic E-state index is 0.176. The molecule has 1 aliphatic carbocycles. The highest BCUT2D eigenvalue weighted by Gasteiger charge is 2.33. The van der Waals surface area contributed by atoms with Crippen LogP contribution in [0.1, 0.15) is 36.2 Å². The Bertz CT molecular complexity index is 631. The van der Waals surface area contributed by atoms with Gasteiger partial charge < -0.3 is 0 Å². The van der Waals surface area contributed by atoms with Crippen molar-refractivity contribution in [2.75, 3.05) is 6.26 Å². The summed E-state index contributed by atoms with van der Waals surface area (Å²) in [6.45, 7) is 0. The quantitative estimate of drug-likeness (QED) is 0.796. The van der Waals surface area contributed by atoms with Crippen LogP contribution in [0.4, 0.5) is 0 Å². The third-order valence-electron chi connectivity index (χ3n) is 3.64. The van der Waals surface area contributed by atoms with Gasteiger partial charge in [-0.3, -0.25) is 4.79 Å². The van der Waals surface area contributed by atoms with E-state index in [1.54, 1.807) is 0 Å². The number of hydrogen-bond donors (Lipinski definition) is 0. The van der Waals surface area contributed by atoms with Crippen molar-refractivity contribution in [1.82, 2.24) is 4.98 Å². The van der Waals surface area contributed by atoms with Gasteiger partial charge in [-0.05, 0) is 25.3 Å². The van der Waals surface area contributed by atoms with Crippen LogP contribution in [0.3, 0.4) is 0 Å². The molecular formula is C13H15Cl2NO3S. The molecule has 0 aromatic carbocycles. The molecule has 0 N–H and O–H groups in total. The molecule has 7 heteroatoms. The van der Waals surface area contributed by atoms with E-state index < -0.39 is 15.1 Å². The van der Waals surface area contributed by atoms with E-state index in [1.165, 1.54) is 18.5 Å². The van der Waals surface area contributed by atoms with Crippen LogP contribution in [0.25, 0.3) is 0 Å². The SMILES string of the molecule is CS(=O)(=O)C1CCCC(C(=O)c2ncc(Cl)cc2Cl)C1. The summed E-state index contributed by atoms with van der Waals surface area (Å²) in [5.41, 5.74) is 0.176. The van der Waals surface area contributed by atoms with Gasteiger partial charge in [-0.25, -0.2) is 13.4 Å². The molecule has 2 atom stereocenters. The Morgan fingerprint density at radius 3 is 2.65 bits per heavy atom. The van der Waals surface area contributed by atoms with Crippen LogP contribution in [0.15, 0.2) is 12.3 Å². The standard InChI is InChI=1S/C13H15Cl2NO3S/c1-20(18,19)10-4-2-3-8(5-10)13(17)12-11(15)6-9(14)7-16-12/h6-8,10H,2-5H2,1H3. The fourth-order valence-corrected chi connectivity index (χ4v) is 4.21.